The highest BCUT2D eigenvalue weighted by molar-refractivity contribution is 5.87. The Kier molecular flexibility index (Phi) is 3.53. The number of carbonyl (C=O) groups is 1. The van der Waals surface area contributed by atoms with Gasteiger partial charge in [-0.25, -0.2) is 9.78 Å². The van der Waals surface area contributed by atoms with Gasteiger partial charge in [-0.15, -0.1) is 0 Å². The van der Waals surface area contributed by atoms with E-state index in [9.17, 15) is 4.79 Å². The zero-order valence-corrected chi connectivity index (χ0v) is 10.7. The molecule has 100 valence electrons. The Bertz CT molecular complexity index is 707. The Hall–Kier alpha value is -3.07. The van der Waals surface area contributed by atoms with E-state index in [1.807, 2.05) is 6.07 Å². The maximum atomic E-state index is 11.0. The Morgan fingerprint density at radius 2 is 2.15 bits per heavy atom. The molecule has 0 radical (unpaired) electrons. The van der Waals surface area contributed by atoms with E-state index in [2.05, 4.69) is 4.98 Å². The molecule has 2 rings (SSSR count). The molecule has 1 aromatic heterocycles. The van der Waals surface area contributed by atoms with Gasteiger partial charge >= 0.3 is 5.97 Å². The molecule has 0 atom stereocenters. The second kappa shape index (κ2) is 5.28. The van der Waals surface area contributed by atoms with Gasteiger partial charge in [0, 0.05) is 12.7 Å². The van der Waals surface area contributed by atoms with Crippen LogP contribution in [0.5, 0.6) is 0 Å². The molecule has 0 unspecified atom stereocenters. The fraction of sp³-hybridized carbons (Fsp3) is 0.0714. The van der Waals surface area contributed by atoms with E-state index in [0.717, 1.165) is 0 Å². The second-order valence-corrected chi connectivity index (χ2v) is 4.14. The average Bonchev–Trinajstić information content (AvgIpc) is 2.46. The number of nitriles is 1. The van der Waals surface area contributed by atoms with Crippen molar-refractivity contribution in [2.24, 2.45) is 0 Å². The summed E-state index contributed by atoms with van der Waals surface area (Å²) in [6.45, 7) is 0. The summed E-state index contributed by atoms with van der Waals surface area (Å²) >= 11 is 0. The lowest BCUT2D eigenvalue weighted by molar-refractivity contribution is 0.0690. The largest absolute Gasteiger partial charge is 0.477 e. The molecule has 6 heteroatoms. The molecule has 0 saturated heterocycles. The van der Waals surface area contributed by atoms with Crippen LogP contribution in [0.15, 0.2) is 36.4 Å². The first kappa shape index (κ1) is 13.4. The molecule has 1 aromatic carbocycles. The van der Waals surface area contributed by atoms with Gasteiger partial charge in [0.15, 0.2) is 11.5 Å². The lowest BCUT2D eigenvalue weighted by Gasteiger charge is -2.20. The maximum Gasteiger partial charge on any atom is 0.354 e. The Labute approximate surface area is 115 Å². The monoisotopic (exact) mass is 268 g/mol. The predicted molar refractivity (Wildman–Crippen MR) is 74.8 cm³/mol. The third-order valence-corrected chi connectivity index (χ3v) is 2.80. The highest BCUT2D eigenvalue weighted by Gasteiger charge is 2.13. The number of hydrogen-bond acceptors (Lipinski definition) is 5. The number of carboxylic acid groups (broad SMARTS) is 1. The summed E-state index contributed by atoms with van der Waals surface area (Å²) in [5.41, 5.74) is 7.31. The minimum Gasteiger partial charge on any atom is -0.477 e. The predicted octanol–water partition coefficient (Wildman–Crippen LogP) is 2.00. The van der Waals surface area contributed by atoms with Crippen molar-refractivity contribution in [2.45, 2.75) is 0 Å². The highest BCUT2D eigenvalue weighted by Crippen LogP contribution is 2.27. The first-order chi connectivity index (χ1) is 9.52. The SMILES string of the molecule is CN(c1cccc(C#N)c1)c1nc(C(=O)O)ccc1N. The van der Waals surface area contributed by atoms with Gasteiger partial charge in [0.25, 0.3) is 0 Å². The summed E-state index contributed by atoms with van der Waals surface area (Å²) in [4.78, 5) is 16.6. The van der Waals surface area contributed by atoms with Crippen LogP contribution < -0.4 is 10.6 Å². The van der Waals surface area contributed by atoms with E-state index >= 15 is 0 Å². The summed E-state index contributed by atoms with van der Waals surface area (Å²) in [6.07, 6.45) is 0. The molecule has 3 N–H and O–H groups in total. The molecule has 0 aliphatic heterocycles. The standard InChI is InChI=1S/C14H12N4O2/c1-18(10-4-2-3-9(7-10)8-15)13-11(16)5-6-12(17-13)14(19)20/h2-7H,16H2,1H3,(H,19,20). The quantitative estimate of drug-likeness (QED) is 0.882. The number of aromatic carboxylic acids is 1. The summed E-state index contributed by atoms with van der Waals surface area (Å²) in [5, 5.41) is 17.9. The van der Waals surface area contributed by atoms with E-state index in [-0.39, 0.29) is 5.69 Å². The number of aromatic nitrogens is 1. The molecule has 0 fully saturated rings. The topological polar surface area (TPSA) is 103 Å². The summed E-state index contributed by atoms with van der Waals surface area (Å²) in [6, 6.07) is 11.8. The van der Waals surface area contributed by atoms with Gasteiger partial charge in [-0.05, 0) is 30.3 Å². The van der Waals surface area contributed by atoms with Crippen molar-refractivity contribution in [3.05, 3.63) is 47.7 Å². The van der Waals surface area contributed by atoms with Crippen LogP contribution in [-0.2, 0) is 0 Å². The van der Waals surface area contributed by atoms with Crippen LogP contribution in [0.4, 0.5) is 17.2 Å². The van der Waals surface area contributed by atoms with E-state index in [1.165, 1.54) is 12.1 Å². The minimum atomic E-state index is -1.12. The van der Waals surface area contributed by atoms with Crippen LogP contribution in [0.1, 0.15) is 16.1 Å². The number of rotatable bonds is 3. The zero-order valence-electron chi connectivity index (χ0n) is 10.7. The highest BCUT2D eigenvalue weighted by atomic mass is 16.4. The number of nitrogens with two attached hydrogens (primary N) is 1. The summed E-state index contributed by atoms with van der Waals surface area (Å²) < 4.78 is 0. The van der Waals surface area contributed by atoms with Gasteiger partial charge < -0.3 is 15.7 Å². The molecule has 0 amide bonds. The first-order valence-corrected chi connectivity index (χ1v) is 5.76. The molecule has 0 spiro atoms. The van der Waals surface area contributed by atoms with Crippen LogP contribution in [0.25, 0.3) is 0 Å². The normalized spacial score (nSPS) is 9.80. The van der Waals surface area contributed by atoms with Gasteiger partial charge in [-0.2, -0.15) is 5.26 Å². The molecule has 0 aliphatic rings. The van der Waals surface area contributed by atoms with Gasteiger partial charge in [0.1, 0.15) is 0 Å². The second-order valence-electron chi connectivity index (χ2n) is 4.14. The van der Waals surface area contributed by atoms with Crippen LogP contribution in [0.3, 0.4) is 0 Å². The third-order valence-electron chi connectivity index (χ3n) is 2.80. The molecule has 2 aromatic rings. The van der Waals surface area contributed by atoms with Crippen LogP contribution >= 0.6 is 0 Å². The average molecular weight is 268 g/mol. The van der Waals surface area contributed by atoms with Crippen molar-refractivity contribution in [3.8, 4) is 6.07 Å². The molecule has 1 heterocycles. The minimum absolute atomic E-state index is 0.0857. The van der Waals surface area contributed by atoms with E-state index in [0.29, 0.717) is 22.8 Å². The fourth-order valence-electron chi connectivity index (χ4n) is 1.75. The maximum absolute atomic E-state index is 11.0. The van der Waals surface area contributed by atoms with E-state index in [1.54, 1.807) is 36.2 Å². The van der Waals surface area contributed by atoms with Crippen molar-refractivity contribution < 1.29 is 9.90 Å². The summed E-state index contributed by atoms with van der Waals surface area (Å²) in [5.74, 6) is -0.787. The van der Waals surface area contributed by atoms with Gasteiger partial charge in [-0.3, -0.25) is 0 Å². The number of pyridine rings is 1. The lowest BCUT2D eigenvalue weighted by Crippen LogP contribution is -2.15. The number of carboxylic acids is 1. The van der Waals surface area contributed by atoms with E-state index in [4.69, 9.17) is 16.1 Å². The number of nitrogen functional groups attached to an aromatic ring is 1. The zero-order chi connectivity index (χ0) is 14.7. The third kappa shape index (κ3) is 2.52. The van der Waals surface area contributed by atoms with Crippen LogP contribution in [-0.4, -0.2) is 23.1 Å². The number of hydrogen-bond donors (Lipinski definition) is 2. The van der Waals surface area contributed by atoms with Gasteiger partial charge in [0.2, 0.25) is 0 Å². The van der Waals surface area contributed by atoms with Crippen molar-refractivity contribution in [1.82, 2.24) is 4.98 Å². The van der Waals surface area contributed by atoms with Crippen molar-refractivity contribution in [3.63, 3.8) is 0 Å². The molecule has 0 saturated carbocycles. The number of benzene rings is 1. The number of anilines is 3. The molecular weight excluding hydrogens is 256 g/mol. The Balaban J connectivity index is 2.47. The van der Waals surface area contributed by atoms with Crippen LogP contribution in [0.2, 0.25) is 0 Å². The molecule has 6 nitrogen and oxygen atoms in total. The fourth-order valence-corrected chi connectivity index (χ4v) is 1.75. The Morgan fingerprint density at radius 3 is 2.80 bits per heavy atom. The van der Waals surface area contributed by atoms with E-state index < -0.39 is 5.97 Å². The van der Waals surface area contributed by atoms with Gasteiger partial charge in [-0.1, -0.05) is 6.07 Å². The van der Waals surface area contributed by atoms with Gasteiger partial charge in [0.05, 0.1) is 17.3 Å². The van der Waals surface area contributed by atoms with Crippen LogP contribution in [0, 0.1) is 11.3 Å². The smallest absolute Gasteiger partial charge is 0.354 e. The Morgan fingerprint density at radius 1 is 1.40 bits per heavy atom. The van der Waals surface area contributed by atoms with Crippen molar-refractivity contribution in [2.75, 3.05) is 17.7 Å². The molecule has 0 aliphatic carbocycles. The summed E-state index contributed by atoms with van der Waals surface area (Å²) in [7, 11) is 1.71. The molecule has 0 bridgehead atoms. The lowest BCUT2D eigenvalue weighted by atomic mass is 10.2. The van der Waals surface area contributed by atoms with Crippen molar-refractivity contribution in [1.29, 1.82) is 5.26 Å². The van der Waals surface area contributed by atoms with Crippen molar-refractivity contribution >= 4 is 23.2 Å². The number of nitrogens with zero attached hydrogens (tertiary/aromatic N) is 3. The first-order valence-electron chi connectivity index (χ1n) is 5.76. The molecule has 20 heavy (non-hydrogen) atoms. The molecular formula is C14H12N4O2.